The van der Waals surface area contributed by atoms with Crippen molar-refractivity contribution >= 4 is 69.4 Å². The Hall–Kier alpha value is -11.7. The smallest absolute Gasteiger partial charge is 0.459 e. The van der Waals surface area contributed by atoms with Gasteiger partial charge in [-0.3, -0.25) is 80.9 Å². The Balaban J connectivity index is 0.000000304. The van der Waals surface area contributed by atoms with E-state index in [9.17, 15) is 85.8 Å². The summed E-state index contributed by atoms with van der Waals surface area (Å²) in [5.41, 5.74) is 18.4. The highest BCUT2D eigenvalue weighted by molar-refractivity contribution is 7.84. The fraction of sp³-hybridized carbons (Fsp3) is 0.586. The summed E-state index contributed by atoms with van der Waals surface area (Å²) in [7, 11) is -9.30. The van der Waals surface area contributed by atoms with Crippen molar-refractivity contribution in [3.05, 3.63) is 220 Å². The number of aliphatic hydroxyl groups excluding tert-OH is 2. The average Bonchev–Trinajstić information content (AvgIpc) is 1.60. The summed E-state index contributed by atoms with van der Waals surface area (Å²) in [6.45, 7) is 20.3. The number of aromatic nitrogens is 6. The number of aryl methyl sites for hydroxylation is 3. The molecule has 3 unspecified atom stereocenters. The maximum atomic E-state index is 15.8. The maximum absolute atomic E-state index is 15.8. The predicted molar refractivity (Wildman–Crippen MR) is 506 cm³/mol. The van der Waals surface area contributed by atoms with Crippen LogP contribution in [0.3, 0.4) is 0 Å². The van der Waals surface area contributed by atoms with E-state index >= 15 is 8.78 Å². The number of para-hydroxylation sites is 3. The van der Waals surface area contributed by atoms with Gasteiger partial charge >= 0.3 is 75.3 Å². The Kier molecular flexibility index (Phi) is 45.8. The molecule has 1 saturated carbocycles. The number of aliphatic hydroxyl groups is 2. The first-order valence-electron chi connectivity index (χ1n) is 44.8. The summed E-state index contributed by atoms with van der Waals surface area (Å²) < 4.78 is 161. The fourth-order valence-corrected chi connectivity index (χ4v) is 19.2. The van der Waals surface area contributed by atoms with Gasteiger partial charge in [0, 0.05) is 107 Å². The van der Waals surface area contributed by atoms with Gasteiger partial charge < -0.3 is 61.7 Å². The largest absolute Gasteiger partial charge is 0.463 e. The third-order valence-electron chi connectivity index (χ3n) is 21.4. The van der Waals surface area contributed by atoms with E-state index in [-0.39, 0.29) is 99.3 Å². The van der Waals surface area contributed by atoms with Crippen LogP contribution in [-0.4, -0.2) is 205 Å². The van der Waals surface area contributed by atoms with Crippen molar-refractivity contribution in [2.75, 3.05) is 39.5 Å². The van der Waals surface area contributed by atoms with E-state index in [0.29, 0.717) is 27.7 Å². The molecule has 8 N–H and O–H groups in total. The van der Waals surface area contributed by atoms with Crippen LogP contribution in [0.5, 0.6) is 17.2 Å². The first kappa shape index (κ1) is 119. The summed E-state index contributed by atoms with van der Waals surface area (Å²) >= 11 is 5.97. The Morgan fingerprint density at radius 2 is 0.796 bits per heavy atom. The lowest BCUT2D eigenvalue weighted by Crippen LogP contribution is -2.49. The number of H-pyrrole nitrogens is 3. The molecule has 6 aromatic rings. The second-order valence-electron chi connectivity index (χ2n) is 34.8. The second-order valence-corrected chi connectivity index (χ2v) is 40.9. The zero-order chi connectivity index (χ0) is 106. The first-order valence-corrected chi connectivity index (χ1v) is 50.4. The number of rotatable bonds is 46. The number of aromatic amines is 3. The zero-order valence-corrected chi connectivity index (χ0v) is 84.5. The number of nitrogens with zero attached hydrogens (tertiary/aromatic N) is 12. The molecular formula is C87H121ClF3N18O30P3. The molecule has 2 saturated heterocycles. The maximum Gasteiger partial charge on any atom is 0.459 e. The number of azide groups is 3. The Morgan fingerprint density at radius 3 is 1.15 bits per heavy atom. The van der Waals surface area contributed by atoms with Gasteiger partial charge in [-0.25, -0.2) is 46.3 Å². The standard InChI is InChI=1S/C29H40FN6O10P.C28H38FN6O11P.C18H27ClNO6P.C12H16FN5O3/c1-17(2)43-24(38)12-11-21-9-7-8-10-22(21)46-47(41,34-20(6)27(39)44-18(3)4)42-16-29(15-32-35-31)19(5)25(30)26(45-29)36-14-13-23(37)33-28(36)40;1-16(2)43-22(37)11-10-19-8-6-7-9-20(19)46-47(41,33-18(5)26(39)44-17(3)4)42-15-28(14-31-34-30)24(38)23(29)25(45-28)35-13-12-21(36)32-27(35)40;1-12(2)24-17(21)11-10-15-8-6-7-9-16(15)26-27(19,23)20-14(5)18(22)25-13(3)4;1-7-10(13)8(4-12(7,6-19)5-15-17-14)18-3-2-9(20)16-11(18)21/h7-10,13-14,17-20,25-26H,11-12,15-16H2,1-6H3,(H,34,41)(H,33,37,40);6-9,12-13,16-18,23-25,38H,10-11,14-15H2,1-5H3,(H,33,41)(H,32,36,40);6-9,12-14H,10-11H2,1-5H3,(H,20,23);2-3,7-8,10,19H,4-6H2,1H3,(H,16,20,21)/t19-,20-,25+,26+,29+,47?;18-,23+,24-,25+,28+,47?;14-,27?;7-,8+,10+,12-/m0000/s1. The van der Waals surface area contributed by atoms with Crippen LogP contribution in [0.1, 0.15) is 179 Å². The molecule has 0 amide bonds. The summed E-state index contributed by atoms with van der Waals surface area (Å²) in [6.07, 6.45) is -9.22. The Bertz CT molecular complexity index is 5760. The minimum absolute atomic E-state index is 0.0110. The van der Waals surface area contributed by atoms with Gasteiger partial charge in [-0.2, -0.15) is 10.2 Å². The normalized spacial score (nSPS) is 22.5. The van der Waals surface area contributed by atoms with Crippen molar-refractivity contribution < 1.29 is 126 Å². The molecule has 48 nitrogen and oxygen atoms in total. The average molecular weight is 2080 g/mol. The molecule has 1 aliphatic carbocycles. The second kappa shape index (κ2) is 54.6. The van der Waals surface area contributed by atoms with Crippen LogP contribution >= 0.6 is 33.6 Å². The van der Waals surface area contributed by atoms with Crippen molar-refractivity contribution in [1.82, 2.24) is 43.9 Å². The van der Waals surface area contributed by atoms with Crippen LogP contribution in [0.2, 0.25) is 0 Å². The minimum atomic E-state index is -4.70. The Morgan fingerprint density at radius 1 is 0.472 bits per heavy atom. The summed E-state index contributed by atoms with van der Waals surface area (Å²) in [6, 6.07) is 18.3. The molecule has 2 aliphatic heterocycles. The van der Waals surface area contributed by atoms with Gasteiger partial charge in [-0.05, 0) is 187 Å². The molecular weight excluding hydrogens is 1960 g/mol. The van der Waals surface area contributed by atoms with Gasteiger partial charge in [-0.15, -0.1) is 0 Å². The lowest BCUT2D eigenvalue weighted by molar-refractivity contribution is -0.150. The molecule has 3 aromatic carbocycles. The van der Waals surface area contributed by atoms with Crippen LogP contribution in [-0.2, 0) is 109 Å². The van der Waals surface area contributed by atoms with Gasteiger partial charge in [0.05, 0.1) is 69.0 Å². The van der Waals surface area contributed by atoms with E-state index in [0.717, 1.165) is 39.7 Å². The highest BCUT2D eigenvalue weighted by Gasteiger charge is 2.59. The molecule has 0 spiro atoms. The number of carbonyl (C=O) groups excluding carboxylic acids is 6. The third kappa shape index (κ3) is 35.4. The highest BCUT2D eigenvalue weighted by Crippen LogP contribution is 2.54. The molecule has 142 heavy (non-hydrogen) atoms. The quantitative estimate of drug-likeness (QED) is 0.00439. The van der Waals surface area contributed by atoms with Crippen LogP contribution in [0.15, 0.2) is 154 Å². The van der Waals surface area contributed by atoms with E-state index in [2.05, 4.69) is 50.3 Å². The zero-order valence-electron chi connectivity index (χ0n) is 81.0. The van der Waals surface area contributed by atoms with E-state index in [1.165, 1.54) is 46.0 Å². The number of nitrogens with one attached hydrogen (secondary N) is 6. The van der Waals surface area contributed by atoms with Gasteiger partial charge in [-0.1, -0.05) is 83.8 Å². The van der Waals surface area contributed by atoms with Gasteiger partial charge in [0.1, 0.15) is 58.9 Å². The number of alkyl halides is 3. The predicted octanol–water partition coefficient (Wildman–Crippen LogP) is 11.9. The van der Waals surface area contributed by atoms with Crippen molar-refractivity contribution in [3.63, 3.8) is 0 Å². The van der Waals surface area contributed by atoms with Crippen LogP contribution in [0.4, 0.5) is 13.2 Å². The SMILES string of the molecule is CC(C)OC(=O)CCc1ccccc1OP(=O)(Cl)N[C@@H](C)C(=O)OC(C)C.CC(C)OC(=O)CCc1ccccc1OP(=O)(N[C@@H](C)C(=O)OC(C)C)OC[C@@]1(CN=[N+]=[N-])O[C@@H](n2ccc(=O)[nH]c2=O)[C@H](F)[C@@H]1C.CC(C)OC(=O)CCc1ccccc1OP(=O)(N[C@@H](C)C(=O)OC(C)C)OC[C@@]1(CN=[N+]=[N-])O[C@@H](n2ccc(=O)[nH]c2=O)[C@H](F)[C@@H]1O.C[C@H]1[C@@H](F)[C@H](n2ccc(=O)[nH]c2=O)C[C@@]1(CO)CN=[N+]=[N-]. The third-order valence-corrected chi connectivity index (χ3v) is 26.3. The summed E-state index contributed by atoms with van der Waals surface area (Å²) in [5, 5.41) is 38.5. The lowest BCUT2D eigenvalue weighted by Gasteiger charge is -2.33. The first-order chi connectivity index (χ1) is 66.6. The minimum Gasteiger partial charge on any atom is -0.463 e. The van der Waals surface area contributed by atoms with Crippen LogP contribution in [0.25, 0.3) is 31.3 Å². The molecule has 782 valence electrons. The molecule has 0 bridgehead atoms. The molecule has 55 heteroatoms. The number of hydrogen-bond donors (Lipinski definition) is 8. The number of halogens is 4. The molecule has 18 atom stereocenters. The van der Waals surface area contributed by atoms with Gasteiger partial charge in [0.2, 0.25) is 0 Å². The molecule has 5 heterocycles. The summed E-state index contributed by atoms with van der Waals surface area (Å²) in [5.74, 6) is -4.85. The number of hydrogen-bond acceptors (Lipinski definition) is 33. The molecule has 0 radical (unpaired) electrons. The van der Waals surface area contributed by atoms with Crippen LogP contribution < -0.4 is 62.6 Å². The van der Waals surface area contributed by atoms with E-state index in [1.807, 2.05) is 9.97 Å². The summed E-state index contributed by atoms with van der Waals surface area (Å²) in [4.78, 5) is 158. The number of benzene rings is 3. The van der Waals surface area contributed by atoms with Gasteiger partial charge in [0.25, 0.3) is 16.7 Å². The molecule has 9 rings (SSSR count). The monoisotopic (exact) mass is 2080 g/mol. The van der Waals surface area contributed by atoms with E-state index in [1.54, 1.807) is 151 Å². The number of esters is 6. The molecule has 3 fully saturated rings. The van der Waals surface area contributed by atoms with Crippen molar-refractivity contribution in [2.24, 2.45) is 32.6 Å². The van der Waals surface area contributed by atoms with Crippen molar-refractivity contribution in [2.45, 2.75) is 272 Å². The fourth-order valence-electron chi connectivity index (χ4n) is 14.3. The van der Waals surface area contributed by atoms with Crippen molar-refractivity contribution in [1.29, 1.82) is 0 Å². The lowest BCUT2D eigenvalue weighted by atomic mass is 9.79. The van der Waals surface area contributed by atoms with E-state index in [4.69, 9.17) is 88.3 Å². The molecule has 3 aromatic heterocycles. The van der Waals surface area contributed by atoms with Crippen molar-refractivity contribution in [3.8, 4) is 17.2 Å². The Labute approximate surface area is 817 Å². The highest BCUT2D eigenvalue weighted by atomic mass is 35.7. The van der Waals surface area contributed by atoms with Crippen LogP contribution in [0, 0.1) is 17.3 Å². The van der Waals surface area contributed by atoms with E-state index < -0.39 is 214 Å². The topological polar surface area (TPSA) is 661 Å². The number of ether oxygens (including phenoxy) is 8. The molecule has 3 aliphatic rings. The number of carbonyl (C=O) groups is 6. The van der Waals surface area contributed by atoms with Gasteiger partial charge in [0.15, 0.2) is 24.8 Å².